The second-order valence-electron chi connectivity index (χ2n) is 16.5. The number of fused-ring (bicyclic) bond motifs is 1. The number of rotatable bonds is 31. The monoisotopic (exact) mass is 981 g/mol. The second kappa shape index (κ2) is 27.5. The summed E-state index contributed by atoms with van der Waals surface area (Å²) < 4.78 is 0. The van der Waals surface area contributed by atoms with E-state index >= 15 is 0 Å². The number of hydrogen-bond acceptors (Lipinski definition) is 16. The fraction of sp³-hybridized carbons (Fsp3) is 0.500. The lowest BCUT2D eigenvalue weighted by molar-refractivity contribution is -0.143. The number of nitrogens with zero attached hydrogens (tertiary/aromatic N) is 4. The fourth-order valence-electron chi connectivity index (χ4n) is 7.07. The number of carboxylic acid groups (broad SMARTS) is 3. The van der Waals surface area contributed by atoms with Gasteiger partial charge in [0.1, 0.15) is 6.04 Å². The molecule has 2 aromatic heterocycles. The summed E-state index contributed by atoms with van der Waals surface area (Å²) >= 11 is 3.90. The van der Waals surface area contributed by atoms with Gasteiger partial charge in [-0.3, -0.25) is 53.1 Å². The van der Waals surface area contributed by atoms with Gasteiger partial charge in [-0.1, -0.05) is 38.1 Å². The number of aromatic amines is 1. The number of aliphatic imine (C=N–C) groups is 1. The van der Waals surface area contributed by atoms with E-state index in [1.165, 1.54) is 6.20 Å². The van der Waals surface area contributed by atoms with Crippen LogP contribution in [0.3, 0.4) is 0 Å². The Balaban J connectivity index is 1.63. The van der Waals surface area contributed by atoms with Crippen LogP contribution in [0, 0.1) is 17.8 Å². The van der Waals surface area contributed by atoms with Crippen LogP contribution in [-0.2, 0) is 51.2 Å². The number of anilines is 1. The zero-order chi connectivity index (χ0) is 51.4. The third-order valence-corrected chi connectivity index (χ3v) is 11.3. The smallest absolute Gasteiger partial charge is 0.327 e. The van der Waals surface area contributed by atoms with E-state index in [4.69, 9.17) is 17.2 Å². The first-order chi connectivity index (χ1) is 32.6. The number of ketones is 3. The predicted octanol–water partition coefficient (Wildman–Crippen LogP) is 0.102. The molecule has 0 aliphatic rings. The number of aliphatic carboxylic acids is 3. The van der Waals surface area contributed by atoms with Crippen LogP contribution in [0.15, 0.2) is 40.2 Å². The molecule has 0 aliphatic carbocycles. The van der Waals surface area contributed by atoms with Gasteiger partial charge in [0.2, 0.25) is 23.7 Å². The Morgan fingerprint density at radius 1 is 0.783 bits per heavy atom. The van der Waals surface area contributed by atoms with Crippen molar-refractivity contribution in [3.05, 3.63) is 57.6 Å². The third kappa shape index (κ3) is 19.1. The summed E-state index contributed by atoms with van der Waals surface area (Å²) in [7, 11) is 0. The molecule has 0 spiro atoms. The average Bonchev–Trinajstić information content (AvgIpc) is 3.28. The lowest BCUT2D eigenvalue weighted by Crippen LogP contribution is -2.49. The van der Waals surface area contributed by atoms with E-state index in [2.05, 4.69) is 53.5 Å². The lowest BCUT2D eigenvalue weighted by atomic mass is 9.90. The third-order valence-electron chi connectivity index (χ3n) is 10.9. The molecule has 0 radical (unpaired) electrons. The number of carbonyl (C=O) groups is 9. The number of nitrogens with one attached hydrogen (secondary N) is 4. The maximum atomic E-state index is 13.7. The first-order valence-electron chi connectivity index (χ1n) is 22.0. The van der Waals surface area contributed by atoms with Crippen LogP contribution >= 0.6 is 12.6 Å². The van der Waals surface area contributed by atoms with Crippen molar-refractivity contribution >= 4 is 88.7 Å². The number of aryl methyl sites for hydroxylation is 2. The van der Waals surface area contributed by atoms with Crippen molar-refractivity contribution in [3.63, 3.8) is 0 Å². The Kier molecular flexibility index (Phi) is 22.3. The van der Waals surface area contributed by atoms with E-state index in [0.29, 0.717) is 24.1 Å². The molecule has 0 bridgehead atoms. The molecule has 2 heterocycles. The van der Waals surface area contributed by atoms with E-state index in [-0.39, 0.29) is 85.6 Å². The maximum Gasteiger partial charge on any atom is 0.327 e. The molecule has 3 amide bonds. The van der Waals surface area contributed by atoms with Gasteiger partial charge in [-0.25, -0.2) is 14.8 Å². The highest BCUT2D eigenvalue weighted by molar-refractivity contribution is 7.80. The van der Waals surface area contributed by atoms with Crippen LogP contribution in [0.5, 0.6) is 0 Å². The molecule has 69 heavy (non-hydrogen) atoms. The molecule has 25 heteroatoms. The first-order valence-corrected chi connectivity index (χ1v) is 22.6. The summed E-state index contributed by atoms with van der Waals surface area (Å²) in [5.41, 5.74) is 18.0. The van der Waals surface area contributed by atoms with Crippen molar-refractivity contribution < 1.29 is 58.5 Å². The highest BCUT2D eigenvalue weighted by atomic mass is 32.1. The molecule has 0 saturated heterocycles. The van der Waals surface area contributed by atoms with Crippen molar-refractivity contribution in [1.29, 1.82) is 0 Å². The largest absolute Gasteiger partial charge is 0.481 e. The number of thiol groups is 1. The van der Waals surface area contributed by atoms with E-state index in [1.54, 1.807) is 38.1 Å². The van der Waals surface area contributed by atoms with Gasteiger partial charge in [0.25, 0.3) is 5.56 Å². The van der Waals surface area contributed by atoms with Crippen LogP contribution in [0.4, 0.5) is 5.95 Å². The summed E-state index contributed by atoms with van der Waals surface area (Å²) in [6.07, 6.45) is -0.390. The molecule has 0 saturated carbocycles. The Morgan fingerprint density at radius 2 is 1.38 bits per heavy atom. The number of nitrogen functional groups attached to an aromatic ring is 1. The van der Waals surface area contributed by atoms with Crippen LogP contribution < -0.4 is 38.7 Å². The topological polar surface area (TPSA) is 412 Å². The number of Topliss-reactive ketones (excluding diaryl/α,β-unsaturated/α-hetero) is 3. The standard InChI is InChI=1S/C44H59N11O13S/c1-3-24(39(64)53-30(21-69)42(67)68)16-32(57)29(19-36(62)63)52-40(65)26(5-4-14-48-43(45)46)17-33(58)28(18-35(60)61)51-34(59)13-6-22(2)15-31(56)25-10-7-23(8-11-25)9-12-27-20-49-38-37(50-27)41(66)55-44(47)54-38/h7-8,10-11,20,22,24,26,28-30,69H,3-6,9,12-19,21H2,1-2H3,(H,51,59)(H,52,65)(H,53,64)(H,60,61)(H,62,63)(H,67,68)(H4,45,46,48)(H3,47,49,54,55,66)/t22-,24+,26-,28+,29-,30-/m0/s1. The van der Waals surface area contributed by atoms with Gasteiger partial charge in [0.05, 0.1) is 36.8 Å². The van der Waals surface area contributed by atoms with E-state index < -0.39 is 108 Å². The minimum atomic E-state index is -1.69. The van der Waals surface area contributed by atoms with E-state index in [0.717, 1.165) is 5.56 Å². The number of hydrogen-bond donors (Lipinski definition) is 11. The van der Waals surface area contributed by atoms with Crippen molar-refractivity contribution in [2.45, 2.75) is 109 Å². The summed E-state index contributed by atoms with van der Waals surface area (Å²) in [4.78, 5) is 146. The summed E-state index contributed by atoms with van der Waals surface area (Å²) in [6.45, 7) is 3.30. The van der Waals surface area contributed by atoms with Crippen molar-refractivity contribution in [1.82, 2.24) is 35.9 Å². The molecule has 0 unspecified atom stereocenters. The number of aromatic nitrogens is 4. The van der Waals surface area contributed by atoms with Crippen LogP contribution in [0.25, 0.3) is 11.2 Å². The molecular formula is C44H59N11O13S. The Morgan fingerprint density at radius 3 is 1.96 bits per heavy atom. The molecule has 3 rings (SSSR count). The van der Waals surface area contributed by atoms with Crippen molar-refractivity contribution in [2.75, 3.05) is 18.0 Å². The molecule has 6 atom stereocenters. The molecular weight excluding hydrogens is 923 g/mol. The molecule has 374 valence electrons. The van der Waals surface area contributed by atoms with Gasteiger partial charge in [-0.05, 0) is 50.0 Å². The first kappa shape index (κ1) is 56.0. The van der Waals surface area contributed by atoms with Gasteiger partial charge in [0, 0.05) is 55.4 Å². The SMILES string of the molecule is CC[C@H](CC(=O)[C@H](CC(=O)O)NC(=O)[C@@H](CCCN=C(N)N)CC(=O)[C@@H](CC(=O)O)NC(=O)CC[C@H](C)CC(=O)c1ccc(CCc2cnc3nc(N)[nH]c(=O)c3n2)cc1)C(=O)N[C@@H](CS)C(=O)O. The molecule has 1 aromatic carbocycles. The normalized spacial score (nSPS) is 13.7. The molecule has 3 aromatic rings. The van der Waals surface area contributed by atoms with Crippen molar-refractivity contribution in [3.8, 4) is 0 Å². The maximum absolute atomic E-state index is 13.7. The van der Waals surface area contributed by atoms with E-state index in [9.17, 15) is 63.3 Å². The number of H-pyrrole nitrogens is 1. The number of benzene rings is 1. The number of nitrogens with two attached hydrogens (primary N) is 3. The highest BCUT2D eigenvalue weighted by Gasteiger charge is 2.34. The summed E-state index contributed by atoms with van der Waals surface area (Å²) in [5.74, 6) is -12.0. The highest BCUT2D eigenvalue weighted by Crippen LogP contribution is 2.20. The zero-order valence-electron chi connectivity index (χ0n) is 38.1. The van der Waals surface area contributed by atoms with Crippen molar-refractivity contribution in [2.24, 2.45) is 34.2 Å². The van der Waals surface area contributed by atoms with Gasteiger partial charge < -0.3 is 48.5 Å². The molecule has 0 aliphatic heterocycles. The van der Waals surface area contributed by atoms with Gasteiger partial charge in [-0.2, -0.15) is 17.6 Å². The Labute approximate surface area is 400 Å². The Hall–Kier alpha value is -7.31. The van der Waals surface area contributed by atoms with Crippen LogP contribution in [0.2, 0.25) is 0 Å². The minimum absolute atomic E-state index is 0.000917. The van der Waals surface area contributed by atoms with Crippen LogP contribution in [-0.4, -0.2) is 125 Å². The lowest BCUT2D eigenvalue weighted by Gasteiger charge is -2.24. The Bertz CT molecular complexity index is 2440. The van der Waals surface area contributed by atoms with E-state index in [1.807, 2.05) is 0 Å². The molecule has 0 fully saturated rings. The number of amides is 3. The number of carboxylic acids is 3. The second-order valence-corrected chi connectivity index (χ2v) is 16.9. The quantitative estimate of drug-likeness (QED) is 0.0134. The number of guanidine groups is 1. The molecule has 24 nitrogen and oxygen atoms in total. The van der Waals surface area contributed by atoms with Crippen LogP contribution in [0.1, 0.15) is 99.7 Å². The fourth-order valence-corrected chi connectivity index (χ4v) is 7.32. The average molecular weight is 982 g/mol. The predicted molar refractivity (Wildman–Crippen MR) is 252 cm³/mol. The summed E-state index contributed by atoms with van der Waals surface area (Å²) in [5, 5.41) is 35.6. The van der Waals surface area contributed by atoms with Gasteiger partial charge in [0.15, 0.2) is 34.5 Å². The zero-order valence-corrected chi connectivity index (χ0v) is 39.0. The molecule has 13 N–H and O–H groups in total. The van der Waals surface area contributed by atoms with Gasteiger partial charge in [-0.15, -0.1) is 0 Å². The minimum Gasteiger partial charge on any atom is -0.481 e. The summed E-state index contributed by atoms with van der Waals surface area (Å²) in [6, 6.07) is 2.28. The number of carbonyl (C=O) groups excluding carboxylic acids is 6. The van der Waals surface area contributed by atoms with Gasteiger partial charge >= 0.3 is 17.9 Å².